The van der Waals surface area contributed by atoms with E-state index in [9.17, 15) is 0 Å². The molecule has 0 spiro atoms. The molecule has 0 fully saturated rings. The minimum atomic E-state index is 0.645. The number of nitrogens with zero attached hydrogens (tertiary/aromatic N) is 4. The summed E-state index contributed by atoms with van der Waals surface area (Å²) in [6.45, 7) is 3.82. The Bertz CT molecular complexity index is 359. The molecule has 1 aromatic heterocycles. The van der Waals surface area contributed by atoms with Gasteiger partial charge in [0.2, 0.25) is 0 Å². The van der Waals surface area contributed by atoms with Gasteiger partial charge < -0.3 is 9.88 Å². The number of aromatic nitrogens is 3. The van der Waals surface area contributed by atoms with Crippen molar-refractivity contribution in [3.05, 3.63) is 12.2 Å². The monoisotopic (exact) mass is 225 g/mol. The first kappa shape index (κ1) is 10.5. The van der Waals surface area contributed by atoms with Crippen molar-refractivity contribution in [2.45, 2.75) is 25.1 Å². The Morgan fingerprint density at radius 1 is 1.67 bits per heavy atom. The summed E-state index contributed by atoms with van der Waals surface area (Å²) >= 11 is 1.82. The van der Waals surface area contributed by atoms with E-state index in [-0.39, 0.29) is 0 Å². The molecule has 82 valence electrons. The Morgan fingerprint density at radius 3 is 3.13 bits per heavy atom. The molecule has 1 aliphatic heterocycles. The van der Waals surface area contributed by atoms with E-state index < -0.39 is 0 Å². The first-order valence-corrected chi connectivity index (χ1v) is 5.95. The van der Waals surface area contributed by atoms with Crippen molar-refractivity contribution in [3.63, 3.8) is 0 Å². The number of hydrogen-bond donors (Lipinski definition) is 1. The number of hydrogen-bond acceptors (Lipinski definition) is 5. The van der Waals surface area contributed by atoms with Crippen molar-refractivity contribution in [2.75, 3.05) is 6.54 Å². The molecule has 1 aromatic rings. The van der Waals surface area contributed by atoms with Crippen LogP contribution in [0.15, 0.2) is 11.3 Å². The fourth-order valence-electron chi connectivity index (χ4n) is 1.35. The summed E-state index contributed by atoms with van der Waals surface area (Å²) in [5.41, 5.74) is 0. The van der Waals surface area contributed by atoms with Gasteiger partial charge in [0.1, 0.15) is 6.33 Å². The smallest absolute Gasteiger partial charge is 0.157 e. The summed E-state index contributed by atoms with van der Waals surface area (Å²) in [5, 5.41) is 12.8. The fraction of sp³-hybridized carbons (Fsp3) is 0.667. The number of thioether (sulfide) groups is 1. The average Bonchev–Trinajstić information content (AvgIpc) is 2.84. The average molecular weight is 225 g/mol. The van der Waals surface area contributed by atoms with Crippen molar-refractivity contribution < 1.29 is 0 Å². The van der Waals surface area contributed by atoms with Crippen LogP contribution in [0, 0.1) is 0 Å². The maximum absolute atomic E-state index is 4.43. The van der Waals surface area contributed by atoms with Crippen LogP contribution in [0.1, 0.15) is 19.2 Å². The molecule has 1 atom stereocenters. The second-order valence-corrected chi connectivity index (χ2v) is 4.79. The van der Waals surface area contributed by atoms with Crippen LogP contribution in [0.3, 0.4) is 0 Å². The SMILES string of the molecule is CCC1CN=C(NCc2nncn2C)S1. The van der Waals surface area contributed by atoms with Crippen LogP contribution < -0.4 is 5.32 Å². The maximum Gasteiger partial charge on any atom is 0.157 e. The lowest BCUT2D eigenvalue weighted by molar-refractivity contribution is 0.751. The Morgan fingerprint density at radius 2 is 2.53 bits per heavy atom. The summed E-state index contributed by atoms with van der Waals surface area (Å²) in [7, 11) is 1.94. The highest BCUT2D eigenvalue weighted by Crippen LogP contribution is 2.21. The fourth-order valence-corrected chi connectivity index (χ4v) is 2.29. The molecule has 0 bridgehead atoms. The van der Waals surface area contributed by atoms with Crippen molar-refractivity contribution in [3.8, 4) is 0 Å². The lowest BCUT2D eigenvalue weighted by atomic mass is 10.3. The second-order valence-electron chi connectivity index (χ2n) is 3.51. The molecule has 5 nitrogen and oxygen atoms in total. The van der Waals surface area contributed by atoms with E-state index in [4.69, 9.17) is 0 Å². The van der Waals surface area contributed by atoms with Crippen LogP contribution in [0.5, 0.6) is 0 Å². The highest BCUT2D eigenvalue weighted by Gasteiger charge is 2.17. The summed E-state index contributed by atoms with van der Waals surface area (Å²) in [4.78, 5) is 4.43. The number of amidine groups is 1. The molecule has 0 amide bonds. The molecule has 1 N–H and O–H groups in total. The summed E-state index contributed by atoms with van der Waals surface area (Å²) in [6, 6.07) is 0. The normalized spacial score (nSPS) is 20.4. The van der Waals surface area contributed by atoms with Gasteiger partial charge in [-0.25, -0.2) is 0 Å². The third-order valence-electron chi connectivity index (χ3n) is 2.38. The second kappa shape index (κ2) is 4.65. The molecule has 0 radical (unpaired) electrons. The van der Waals surface area contributed by atoms with Gasteiger partial charge in [0.15, 0.2) is 11.0 Å². The Kier molecular flexibility index (Phi) is 3.25. The Balaban J connectivity index is 1.82. The number of nitrogens with one attached hydrogen (secondary N) is 1. The van der Waals surface area contributed by atoms with E-state index in [1.807, 2.05) is 23.4 Å². The highest BCUT2D eigenvalue weighted by molar-refractivity contribution is 8.14. The van der Waals surface area contributed by atoms with Crippen LogP contribution in [0.4, 0.5) is 0 Å². The molecule has 0 saturated carbocycles. The molecule has 1 aliphatic rings. The van der Waals surface area contributed by atoms with E-state index >= 15 is 0 Å². The van der Waals surface area contributed by atoms with E-state index in [2.05, 4.69) is 27.4 Å². The first-order valence-electron chi connectivity index (χ1n) is 5.07. The molecule has 0 aliphatic carbocycles. The first-order chi connectivity index (χ1) is 7.29. The van der Waals surface area contributed by atoms with E-state index in [0.29, 0.717) is 11.8 Å². The zero-order valence-electron chi connectivity index (χ0n) is 8.97. The quantitative estimate of drug-likeness (QED) is 0.826. The third kappa shape index (κ3) is 2.50. The molecular weight excluding hydrogens is 210 g/mol. The van der Waals surface area contributed by atoms with Crippen LogP contribution in [0.25, 0.3) is 0 Å². The summed E-state index contributed by atoms with van der Waals surface area (Å²) < 4.78 is 1.91. The van der Waals surface area contributed by atoms with Crippen LogP contribution in [-0.2, 0) is 13.6 Å². The number of rotatable bonds is 3. The Hall–Kier alpha value is -1.04. The molecule has 2 rings (SSSR count). The topological polar surface area (TPSA) is 55.1 Å². The van der Waals surface area contributed by atoms with Crippen LogP contribution in [0.2, 0.25) is 0 Å². The molecule has 0 saturated heterocycles. The highest BCUT2D eigenvalue weighted by atomic mass is 32.2. The van der Waals surface area contributed by atoms with Crippen LogP contribution >= 0.6 is 11.8 Å². The molecular formula is C9H15N5S. The predicted octanol–water partition coefficient (Wildman–Crippen LogP) is 0.786. The largest absolute Gasteiger partial charge is 0.358 e. The lowest BCUT2D eigenvalue weighted by Gasteiger charge is -2.06. The summed E-state index contributed by atoms with van der Waals surface area (Å²) in [5.74, 6) is 0.929. The standard InChI is InChI=1S/C9H15N5S/c1-3-7-4-10-9(15-7)11-5-8-13-12-6-14(8)2/h6-7H,3-5H2,1-2H3,(H,10,11). The van der Waals surface area contributed by atoms with Gasteiger partial charge in [-0.3, -0.25) is 4.99 Å². The van der Waals surface area contributed by atoms with Gasteiger partial charge in [-0.1, -0.05) is 18.7 Å². The van der Waals surface area contributed by atoms with Gasteiger partial charge in [0.25, 0.3) is 0 Å². The predicted molar refractivity (Wildman–Crippen MR) is 61.8 cm³/mol. The molecule has 15 heavy (non-hydrogen) atoms. The molecule has 0 aromatic carbocycles. The summed E-state index contributed by atoms with van der Waals surface area (Å²) in [6.07, 6.45) is 2.87. The van der Waals surface area contributed by atoms with Gasteiger partial charge in [0, 0.05) is 12.3 Å². The van der Waals surface area contributed by atoms with Gasteiger partial charge >= 0.3 is 0 Å². The zero-order valence-corrected chi connectivity index (χ0v) is 9.79. The van der Waals surface area contributed by atoms with Crippen LogP contribution in [-0.4, -0.2) is 31.7 Å². The van der Waals surface area contributed by atoms with Crippen molar-refractivity contribution in [1.82, 2.24) is 20.1 Å². The third-order valence-corrected chi connectivity index (χ3v) is 3.69. The lowest BCUT2D eigenvalue weighted by Crippen LogP contribution is -2.20. The van der Waals surface area contributed by atoms with Gasteiger partial charge in [-0.15, -0.1) is 10.2 Å². The van der Waals surface area contributed by atoms with Crippen molar-refractivity contribution in [1.29, 1.82) is 0 Å². The molecule has 2 heterocycles. The van der Waals surface area contributed by atoms with Gasteiger partial charge in [0.05, 0.1) is 13.1 Å². The van der Waals surface area contributed by atoms with Crippen molar-refractivity contribution >= 4 is 16.9 Å². The van der Waals surface area contributed by atoms with E-state index in [0.717, 1.165) is 17.5 Å². The van der Waals surface area contributed by atoms with Gasteiger partial charge in [-0.05, 0) is 6.42 Å². The maximum atomic E-state index is 4.43. The minimum absolute atomic E-state index is 0.645. The van der Waals surface area contributed by atoms with E-state index in [1.165, 1.54) is 6.42 Å². The molecule has 6 heteroatoms. The minimum Gasteiger partial charge on any atom is -0.358 e. The number of aryl methyl sites for hydroxylation is 1. The van der Waals surface area contributed by atoms with Gasteiger partial charge in [-0.2, -0.15) is 0 Å². The zero-order chi connectivity index (χ0) is 10.7. The molecule has 1 unspecified atom stereocenters. The Labute approximate surface area is 93.4 Å². The number of aliphatic imine (C=N–C) groups is 1. The van der Waals surface area contributed by atoms with E-state index in [1.54, 1.807) is 6.33 Å². The van der Waals surface area contributed by atoms with Crippen molar-refractivity contribution in [2.24, 2.45) is 12.0 Å².